The van der Waals surface area contributed by atoms with Crippen molar-refractivity contribution in [1.82, 2.24) is 14.5 Å². The van der Waals surface area contributed by atoms with E-state index in [1.54, 1.807) is 41.0 Å². The van der Waals surface area contributed by atoms with E-state index in [1.165, 1.54) is 12.1 Å². The minimum Gasteiger partial charge on any atom is -0.384 e. The molecular weight excluding hydrogens is 429 g/mol. The van der Waals surface area contributed by atoms with Crippen LogP contribution in [0.15, 0.2) is 72.8 Å². The molecule has 0 aliphatic carbocycles. The summed E-state index contributed by atoms with van der Waals surface area (Å²) in [5.74, 6) is -0.503. The molecule has 6 nitrogen and oxygen atoms in total. The van der Waals surface area contributed by atoms with Crippen LogP contribution in [0, 0.1) is 5.82 Å². The molecule has 0 bridgehead atoms. The molecule has 0 spiro atoms. The second-order valence-electron chi connectivity index (χ2n) is 7.32. The molecule has 0 aliphatic rings. The fraction of sp³-hybridized carbons (Fsp3) is 0.0417. The second kappa shape index (κ2) is 7.94. The maximum absolute atomic E-state index is 13.4. The minimum absolute atomic E-state index is 0.228. The molecule has 3 N–H and O–H groups in total. The average molecular weight is 446 g/mol. The maximum atomic E-state index is 13.4. The van der Waals surface area contributed by atoms with Crippen LogP contribution in [-0.2, 0) is 6.54 Å². The number of benzene rings is 3. The lowest BCUT2D eigenvalue weighted by Crippen LogP contribution is -2.15. The quantitative estimate of drug-likeness (QED) is 0.395. The Labute approximate surface area is 187 Å². The molecule has 2 aromatic heterocycles. The number of aromatic nitrogens is 3. The Morgan fingerprint density at radius 1 is 0.969 bits per heavy atom. The summed E-state index contributed by atoms with van der Waals surface area (Å²) in [4.78, 5) is 22.6. The van der Waals surface area contributed by atoms with Crippen LogP contribution < -0.4 is 11.1 Å². The molecule has 8 heteroatoms. The molecule has 0 fully saturated rings. The highest BCUT2D eigenvalue weighted by atomic mass is 35.5. The van der Waals surface area contributed by atoms with Gasteiger partial charge in [0.2, 0.25) is 0 Å². The van der Waals surface area contributed by atoms with E-state index < -0.39 is 5.91 Å². The molecule has 32 heavy (non-hydrogen) atoms. The van der Waals surface area contributed by atoms with Gasteiger partial charge in [0.1, 0.15) is 22.7 Å². The van der Waals surface area contributed by atoms with Crippen molar-refractivity contribution in [3.63, 3.8) is 0 Å². The van der Waals surface area contributed by atoms with Gasteiger partial charge in [0.05, 0.1) is 17.6 Å². The highest BCUT2D eigenvalue weighted by Crippen LogP contribution is 2.29. The van der Waals surface area contributed by atoms with Crippen molar-refractivity contribution < 1.29 is 9.18 Å². The van der Waals surface area contributed by atoms with Gasteiger partial charge in [-0.15, -0.1) is 0 Å². The van der Waals surface area contributed by atoms with Crippen molar-refractivity contribution in [2.45, 2.75) is 6.54 Å². The van der Waals surface area contributed by atoms with Crippen LogP contribution in [0.3, 0.4) is 0 Å². The second-order valence-corrected chi connectivity index (χ2v) is 7.75. The molecule has 0 saturated carbocycles. The number of nitrogens with one attached hydrogen (secondary N) is 1. The van der Waals surface area contributed by atoms with Gasteiger partial charge in [-0.05, 0) is 54.1 Å². The van der Waals surface area contributed by atoms with Crippen molar-refractivity contribution in [2.75, 3.05) is 11.1 Å². The highest BCUT2D eigenvalue weighted by Gasteiger charge is 2.24. The number of carbonyl (C=O) groups is 1. The molecule has 3 aromatic carbocycles. The molecule has 0 atom stereocenters. The summed E-state index contributed by atoms with van der Waals surface area (Å²) in [6.07, 6.45) is 0. The number of nitrogens with two attached hydrogens (primary N) is 1. The van der Waals surface area contributed by atoms with Gasteiger partial charge in [0.15, 0.2) is 5.65 Å². The van der Waals surface area contributed by atoms with Gasteiger partial charge in [-0.3, -0.25) is 4.79 Å². The van der Waals surface area contributed by atoms with Crippen LogP contribution in [0.4, 0.5) is 15.9 Å². The third-order valence-corrected chi connectivity index (χ3v) is 5.43. The Bertz CT molecular complexity index is 1460. The number of fused-ring (bicyclic) bond motifs is 2. The van der Waals surface area contributed by atoms with Gasteiger partial charge in [-0.2, -0.15) is 0 Å². The molecule has 5 aromatic rings. The zero-order valence-electron chi connectivity index (χ0n) is 16.7. The molecule has 2 heterocycles. The van der Waals surface area contributed by atoms with Crippen molar-refractivity contribution in [2.24, 2.45) is 0 Å². The summed E-state index contributed by atoms with van der Waals surface area (Å²) < 4.78 is 15.1. The monoisotopic (exact) mass is 445 g/mol. The first-order chi connectivity index (χ1) is 15.5. The first-order valence-electron chi connectivity index (χ1n) is 9.85. The Morgan fingerprint density at radius 3 is 2.31 bits per heavy atom. The number of amides is 1. The van der Waals surface area contributed by atoms with Gasteiger partial charge in [0.25, 0.3) is 5.91 Å². The van der Waals surface area contributed by atoms with Gasteiger partial charge in [0, 0.05) is 10.7 Å². The third kappa shape index (κ3) is 3.63. The van der Waals surface area contributed by atoms with Crippen molar-refractivity contribution in [3.05, 3.63) is 94.8 Å². The fourth-order valence-electron chi connectivity index (χ4n) is 3.60. The SMILES string of the molecule is Nc1c(C(=O)Nc2ccc(Cl)cc2)c2nc3ccccc3nc2n1Cc1ccc(F)cc1. The first-order valence-corrected chi connectivity index (χ1v) is 10.2. The number of hydrogen-bond acceptors (Lipinski definition) is 4. The molecule has 0 unspecified atom stereocenters. The maximum Gasteiger partial charge on any atom is 0.261 e. The van der Waals surface area contributed by atoms with Crippen LogP contribution >= 0.6 is 11.6 Å². The van der Waals surface area contributed by atoms with E-state index in [1.807, 2.05) is 24.3 Å². The number of nitrogen functional groups attached to an aromatic ring is 1. The van der Waals surface area contributed by atoms with Crippen molar-refractivity contribution in [1.29, 1.82) is 0 Å². The Morgan fingerprint density at radius 2 is 1.62 bits per heavy atom. The number of anilines is 2. The van der Waals surface area contributed by atoms with E-state index in [4.69, 9.17) is 22.3 Å². The summed E-state index contributed by atoms with van der Waals surface area (Å²) >= 11 is 5.94. The normalized spacial score (nSPS) is 11.2. The predicted molar refractivity (Wildman–Crippen MR) is 124 cm³/mol. The van der Waals surface area contributed by atoms with Crippen LogP contribution in [0.5, 0.6) is 0 Å². The van der Waals surface area contributed by atoms with Gasteiger partial charge in [-0.25, -0.2) is 14.4 Å². The lowest BCUT2D eigenvalue weighted by molar-refractivity contribution is 0.102. The number of para-hydroxylation sites is 2. The first kappa shape index (κ1) is 20.0. The average Bonchev–Trinajstić information content (AvgIpc) is 3.05. The number of nitrogens with zero attached hydrogens (tertiary/aromatic N) is 3. The van der Waals surface area contributed by atoms with Crippen LogP contribution in [0.25, 0.3) is 22.2 Å². The zero-order valence-corrected chi connectivity index (χ0v) is 17.5. The third-order valence-electron chi connectivity index (χ3n) is 5.17. The Balaban J connectivity index is 1.66. The van der Waals surface area contributed by atoms with Crippen LogP contribution in [0.1, 0.15) is 15.9 Å². The highest BCUT2D eigenvalue weighted by molar-refractivity contribution is 6.30. The number of carbonyl (C=O) groups excluding carboxylic acids is 1. The van der Waals surface area contributed by atoms with Gasteiger partial charge < -0.3 is 15.6 Å². The van der Waals surface area contributed by atoms with E-state index in [-0.39, 0.29) is 17.2 Å². The molecule has 5 rings (SSSR count). The molecule has 0 aliphatic heterocycles. The fourth-order valence-corrected chi connectivity index (χ4v) is 3.73. The molecule has 158 valence electrons. The van der Waals surface area contributed by atoms with E-state index in [0.29, 0.717) is 39.5 Å². The molecular formula is C24H17ClFN5O. The smallest absolute Gasteiger partial charge is 0.261 e. The van der Waals surface area contributed by atoms with Crippen LogP contribution in [0.2, 0.25) is 5.02 Å². The Kier molecular flexibility index (Phi) is 4.95. The molecule has 1 amide bonds. The lowest BCUT2D eigenvalue weighted by atomic mass is 10.2. The predicted octanol–water partition coefficient (Wildman–Crippen LogP) is 5.26. The standard InChI is InChI=1S/C24H17ClFN5O/c25-15-7-11-17(12-8-15)28-24(32)20-21-23(30-19-4-2-1-3-18(19)29-21)31(22(20)27)13-14-5-9-16(26)10-6-14/h1-12H,13,27H2,(H,28,32). The molecule has 0 saturated heterocycles. The van der Waals surface area contributed by atoms with E-state index in [0.717, 1.165) is 5.56 Å². The summed E-state index contributed by atoms with van der Waals surface area (Å²) in [6, 6.07) is 20.3. The van der Waals surface area contributed by atoms with Crippen molar-refractivity contribution in [3.8, 4) is 0 Å². The van der Waals surface area contributed by atoms with E-state index in [2.05, 4.69) is 10.3 Å². The number of hydrogen-bond donors (Lipinski definition) is 2. The molecule has 0 radical (unpaired) electrons. The van der Waals surface area contributed by atoms with Crippen molar-refractivity contribution >= 4 is 51.2 Å². The Hall–Kier alpha value is -3.97. The lowest BCUT2D eigenvalue weighted by Gasteiger charge is -2.09. The number of halogens is 2. The summed E-state index contributed by atoms with van der Waals surface area (Å²) in [7, 11) is 0. The summed E-state index contributed by atoms with van der Waals surface area (Å²) in [6.45, 7) is 0.309. The van der Waals surface area contributed by atoms with E-state index >= 15 is 0 Å². The van der Waals surface area contributed by atoms with E-state index in [9.17, 15) is 9.18 Å². The largest absolute Gasteiger partial charge is 0.384 e. The number of rotatable bonds is 4. The topological polar surface area (TPSA) is 85.8 Å². The minimum atomic E-state index is -0.405. The summed E-state index contributed by atoms with van der Waals surface area (Å²) in [5.41, 5.74) is 10.3. The van der Waals surface area contributed by atoms with Gasteiger partial charge in [-0.1, -0.05) is 35.9 Å². The van der Waals surface area contributed by atoms with Gasteiger partial charge >= 0.3 is 0 Å². The van der Waals surface area contributed by atoms with Crippen LogP contribution in [-0.4, -0.2) is 20.4 Å². The summed E-state index contributed by atoms with van der Waals surface area (Å²) in [5, 5.41) is 3.41. The zero-order chi connectivity index (χ0) is 22.2.